The summed E-state index contributed by atoms with van der Waals surface area (Å²) in [7, 11) is 0. The first-order valence-electron chi connectivity index (χ1n) is 6.39. The molecule has 1 heterocycles. The van der Waals surface area contributed by atoms with Crippen LogP contribution in [0.5, 0.6) is 0 Å². The maximum atomic E-state index is 13.1. The summed E-state index contributed by atoms with van der Waals surface area (Å²) in [6.45, 7) is 0.598. The first-order chi connectivity index (χ1) is 9.81. The zero-order chi connectivity index (χ0) is 13.8. The molecule has 0 unspecified atom stereocenters. The van der Waals surface area contributed by atoms with Crippen LogP contribution < -0.4 is 5.32 Å². The highest BCUT2D eigenvalue weighted by Crippen LogP contribution is 2.19. The number of aromatic nitrogens is 2. The first kappa shape index (κ1) is 12.4. The van der Waals surface area contributed by atoms with Crippen LogP contribution in [0, 0.1) is 5.82 Å². The van der Waals surface area contributed by atoms with Crippen molar-refractivity contribution >= 4 is 5.69 Å². The molecule has 0 spiro atoms. The standard InChI is InChI=1S/C16H14FN3/c17-14-3-1-2-12(10-14)11-18-15-6-4-13(5-7-15)16-8-9-19-20-16/h1-10,18H,11H2,(H,19,20). The number of H-pyrrole nitrogens is 1. The van der Waals surface area contributed by atoms with Crippen LogP contribution in [0.3, 0.4) is 0 Å². The number of benzene rings is 2. The van der Waals surface area contributed by atoms with Crippen molar-refractivity contribution < 1.29 is 4.39 Å². The molecule has 0 atom stereocenters. The molecule has 0 bridgehead atoms. The van der Waals surface area contributed by atoms with Gasteiger partial charge in [-0.1, -0.05) is 24.3 Å². The van der Waals surface area contributed by atoms with E-state index >= 15 is 0 Å². The van der Waals surface area contributed by atoms with Gasteiger partial charge < -0.3 is 5.32 Å². The zero-order valence-corrected chi connectivity index (χ0v) is 10.8. The highest BCUT2D eigenvalue weighted by Gasteiger charge is 1.99. The van der Waals surface area contributed by atoms with Crippen molar-refractivity contribution in [2.24, 2.45) is 0 Å². The van der Waals surface area contributed by atoms with Gasteiger partial charge in [0.2, 0.25) is 0 Å². The fourth-order valence-electron chi connectivity index (χ4n) is 2.04. The Hall–Kier alpha value is -2.62. The minimum atomic E-state index is -0.209. The van der Waals surface area contributed by atoms with E-state index in [1.54, 1.807) is 12.3 Å². The Labute approximate surface area is 116 Å². The van der Waals surface area contributed by atoms with Crippen LogP contribution in [-0.4, -0.2) is 10.2 Å². The monoisotopic (exact) mass is 267 g/mol. The molecule has 3 nitrogen and oxygen atoms in total. The predicted molar refractivity (Wildman–Crippen MR) is 77.8 cm³/mol. The second-order valence-corrected chi connectivity index (χ2v) is 4.53. The Bertz CT molecular complexity index is 675. The van der Waals surface area contributed by atoms with Gasteiger partial charge in [0.25, 0.3) is 0 Å². The molecule has 0 saturated carbocycles. The summed E-state index contributed by atoms with van der Waals surface area (Å²) in [6.07, 6.45) is 1.73. The van der Waals surface area contributed by atoms with Gasteiger partial charge in [-0.3, -0.25) is 5.10 Å². The van der Waals surface area contributed by atoms with Crippen molar-refractivity contribution in [2.45, 2.75) is 6.54 Å². The highest BCUT2D eigenvalue weighted by atomic mass is 19.1. The summed E-state index contributed by atoms with van der Waals surface area (Å²) in [4.78, 5) is 0. The third-order valence-corrected chi connectivity index (χ3v) is 3.08. The van der Waals surface area contributed by atoms with Crippen LogP contribution in [0.1, 0.15) is 5.56 Å². The molecule has 2 aromatic carbocycles. The van der Waals surface area contributed by atoms with Crippen LogP contribution in [0.2, 0.25) is 0 Å². The second kappa shape index (κ2) is 5.57. The summed E-state index contributed by atoms with van der Waals surface area (Å²) in [5.41, 5.74) is 3.99. The molecular weight excluding hydrogens is 253 g/mol. The van der Waals surface area contributed by atoms with Gasteiger partial charge in [0.05, 0.1) is 5.69 Å². The second-order valence-electron chi connectivity index (χ2n) is 4.53. The molecule has 0 aliphatic heterocycles. The molecule has 2 N–H and O–H groups in total. The fourth-order valence-corrected chi connectivity index (χ4v) is 2.04. The smallest absolute Gasteiger partial charge is 0.123 e. The van der Waals surface area contributed by atoms with Gasteiger partial charge in [-0.15, -0.1) is 0 Å². The van der Waals surface area contributed by atoms with Crippen molar-refractivity contribution in [2.75, 3.05) is 5.32 Å². The lowest BCUT2D eigenvalue weighted by Crippen LogP contribution is -1.99. The Balaban J connectivity index is 1.67. The summed E-state index contributed by atoms with van der Waals surface area (Å²) < 4.78 is 13.1. The van der Waals surface area contributed by atoms with E-state index in [0.717, 1.165) is 22.5 Å². The normalized spacial score (nSPS) is 10.4. The van der Waals surface area contributed by atoms with Gasteiger partial charge in [0.15, 0.2) is 0 Å². The molecule has 100 valence electrons. The van der Waals surface area contributed by atoms with Gasteiger partial charge in [-0.2, -0.15) is 5.10 Å². The SMILES string of the molecule is Fc1cccc(CNc2ccc(-c3ccn[nH]3)cc2)c1. The molecule has 0 radical (unpaired) electrons. The van der Waals surface area contributed by atoms with Crippen LogP contribution in [0.25, 0.3) is 11.3 Å². The minimum Gasteiger partial charge on any atom is -0.381 e. The van der Waals surface area contributed by atoms with Crippen molar-refractivity contribution in [3.63, 3.8) is 0 Å². The summed E-state index contributed by atoms with van der Waals surface area (Å²) in [5.74, 6) is -0.209. The molecule has 0 saturated heterocycles. The van der Waals surface area contributed by atoms with Gasteiger partial charge >= 0.3 is 0 Å². The molecular formula is C16H14FN3. The number of nitrogens with zero attached hydrogens (tertiary/aromatic N) is 1. The van der Waals surface area contributed by atoms with E-state index in [2.05, 4.69) is 15.5 Å². The predicted octanol–water partition coefficient (Wildman–Crippen LogP) is 3.83. The lowest BCUT2D eigenvalue weighted by atomic mass is 10.1. The number of rotatable bonds is 4. The highest BCUT2D eigenvalue weighted by molar-refractivity contribution is 5.62. The lowest BCUT2D eigenvalue weighted by Gasteiger charge is -2.07. The minimum absolute atomic E-state index is 0.209. The summed E-state index contributed by atoms with van der Waals surface area (Å²) in [5, 5.41) is 10.1. The van der Waals surface area contributed by atoms with Gasteiger partial charge in [0, 0.05) is 18.4 Å². The van der Waals surface area contributed by atoms with Crippen LogP contribution >= 0.6 is 0 Å². The molecule has 3 rings (SSSR count). The number of anilines is 1. The third kappa shape index (κ3) is 2.85. The molecule has 20 heavy (non-hydrogen) atoms. The number of halogens is 1. The average Bonchev–Trinajstić information content (AvgIpc) is 3.00. The van der Waals surface area contributed by atoms with E-state index in [-0.39, 0.29) is 5.82 Å². The molecule has 0 aliphatic carbocycles. The van der Waals surface area contributed by atoms with E-state index in [1.807, 2.05) is 36.4 Å². The zero-order valence-electron chi connectivity index (χ0n) is 10.8. The Morgan fingerprint density at radius 3 is 2.60 bits per heavy atom. The van der Waals surface area contributed by atoms with E-state index in [9.17, 15) is 4.39 Å². The molecule has 3 aromatic rings. The Kier molecular flexibility index (Phi) is 3.46. The number of hydrogen-bond acceptors (Lipinski definition) is 2. The fraction of sp³-hybridized carbons (Fsp3) is 0.0625. The molecule has 0 fully saturated rings. The number of nitrogens with one attached hydrogen (secondary N) is 2. The summed E-state index contributed by atoms with van der Waals surface area (Å²) >= 11 is 0. The first-order valence-corrected chi connectivity index (χ1v) is 6.39. The topological polar surface area (TPSA) is 40.7 Å². The molecule has 4 heteroatoms. The van der Waals surface area contributed by atoms with E-state index in [0.29, 0.717) is 6.54 Å². The van der Waals surface area contributed by atoms with E-state index < -0.39 is 0 Å². The molecule has 0 amide bonds. The van der Waals surface area contributed by atoms with Crippen LogP contribution in [-0.2, 0) is 6.54 Å². The Morgan fingerprint density at radius 1 is 1.05 bits per heavy atom. The Morgan fingerprint density at radius 2 is 1.90 bits per heavy atom. The van der Waals surface area contributed by atoms with Crippen LogP contribution in [0.4, 0.5) is 10.1 Å². The van der Waals surface area contributed by atoms with Crippen molar-refractivity contribution in [1.29, 1.82) is 0 Å². The van der Waals surface area contributed by atoms with Gasteiger partial charge in [-0.05, 0) is 41.5 Å². The van der Waals surface area contributed by atoms with Crippen molar-refractivity contribution in [3.8, 4) is 11.3 Å². The average molecular weight is 267 g/mol. The van der Waals surface area contributed by atoms with Crippen molar-refractivity contribution in [3.05, 3.63) is 72.2 Å². The number of hydrogen-bond donors (Lipinski definition) is 2. The van der Waals surface area contributed by atoms with Gasteiger partial charge in [-0.25, -0.2) is 4.39 Å². The van der Waals surface area contributed by atoms with E-state index in [4.69, 9.17) is 0 Å². The number of aromatic amines is 1. The molecule has 1 aromatic heterocycles. The van der Waals surface area contributed by atoms with Crippen molar-refractivity contribution in [1.82, 2.24) is 10.2 Å². The largest absolute Gasteiger partial charge is 0.381 e. The van der Waals surface area contributed by atoms with Gasteiger partial charge in [0.1, 0.15) is 5.82 Å². The quantitative estimate of drug-likeness (QED) is 0.754. The maximum Gasteiger partial charge on any atom is 0.123 e. The molecule has 0 aliphatic rings. The third-order valence-electron chi connectivity index (χ3n) is 3.08. The summed E-state index contributed by atoms with van der Waals surface area (Å²) in [6, 6.07) is 16.5. The maximum absolute atomic E-state index is 13.1. The van der Waals surface area contributed by atoms with Crippen LogP contribution in [0.15, 0.2) is 60.8 Å². The van der Waals surface area contributed by atoms with E-state index in [1.165, 1.54) is 12.1 Å². The lowest BCUT2D eigenvalue weighted by molar-refractivity contribution is 0.626.